The topological polar surface area (TPSA) is 69.4 Å². The zero-order valence-corrected chi connectivity index (χ0v) is 12.7. The summed E-state index contributed by atoms with van der Waals surface area (Å²) in [5.41, 5.74) is 6.37. The molecule has 1 heterocycles. The highest BCUT2D eigenvalue weighted by molar-refractivity contribution is 5.89. The van der Waals surface area contributed by atoms with E-state index in [4.69, 9.17) is 15.2 Å². The van der Waals surface area contributed by atoms with Crippen LogP contribution in [0.4, 0.5) is 5.82 Å². The van der Waals surface area contributed by atoms with Gasteiger partial charge in [0.1, 0.15) is 5.82 Å². The summed E-state index contributed by atoms with van der Waals surface area (Å²) in [7, 11) is 3.27. The Balaban J connectivity index is 2.11. The lowest BCUT2D eigenvalue weighted by Crippen LogP contribution is -2.05. The average molecular weight is 289 g/mol. The van der Waals surface area contributed by atoms with Gasteiger partial charge in [0, 0.05) is 11.9 Å². The number of fused-ring (bicyclic) bond motifs is 1. The van der Waals surface area contributed by atoms with Gasteiger partial charge in [0.25, 0.3) is 0 Å². The molecule has 3 N–H and O–H groups in total. The van der Waals surface area contributed by atoms with E-state index in [-0.39, 0.29) is 0 Å². The van der Waals surface area contributed by atoms with E-state index >= 15 is 0 Å². The van der Waals surface area contributed by atoms with Crippen molar-refractivity contribution in [2.45, 2.75) is 19.3 Å². The number of nitrogens with two attached hydrogens (primary N) is 1. The molecule has 0 radical (unpaired) electrons. The number of anilines is 1. The van der Waals surface area contributed by atoms with Crippen molar-refractivity contribution in [3.05, 3.63) is 24.3 Å². The first-order valence-electron chi connectivity index (χ1n) is 7.26. The standard InChI is InChI=1S/C16H23N3O2/c1-20-14-8-7-13-12(16(14)21-2)6-9-15(19-13)18-11-5-3-4-10-17/h6-9H,3-5,10-11,17H2,1-2H3,(H,18,19). The van der Waals surface area contributed by atoms with Gasteiger partial charge in [-0.2, -0.15) is 0 Å². The van der Waals surface area contributed by atoms with Crippen LogP contribution in [0.5, 0.6) is 11.5 Å². The highest BCUT2D eigenvalue weighted by Gasteiger charge is 2.09. The summed E-state index contributed by atoms with van der Waals surface area (Å²) in [6, 6.07) is 7.79. The minimum Gasteiger partial charge on any atom is -0.493 e. The van der Waals surface area contributed by atoms with Crippen molar-refractivity contribution in [1.82, 2.24) is 4.98 Å². The normalized spacial score (nSPS) is 10.6. The Morgan fingerprint density at radius 1 is 1.05 bits per heavy atom. The van der Waals surface area contributed by atoms with Crippen LogP contribution in [0.2, 0.25) is 0 Å². The monoisotopic (exact) mass is 289 g/mol. The quantitative estimate of drug-likeness (QED) is 0.731. The van der Waals surface area contributed by atoms with Crippen molar-refractivity contribution in [1.29, 1.82) is 0 Å². The summed E-state index contributed by atoms with van der Waals surface area (Å²) in [6.45, 7) is 1.67. The van der Waals surface area contributed by atoms with E-state index in [2.05, 4.69) is 10.3 Å². The third kappa shape index (κ3) is 3.76. The maximum Gasteiger partial charge on any atom is 0.170 e. The fourth-order valence-corrected chi connectivity index (χ4v) is 2.29. The van der Waals surface area contributed by atoms with Crippen LogP contribution in [0.25, 0.3) is 10.9 Å². The van der Waals surface area contributed by atoms with Gasteiger partial charge in [-0.3, -0.25) is 0 Å². The Labute approximate surface area is 125 Å². The zero-order chi connectivity index (χ0) is 15.1. The number of unbranched alkanes of at least 4 members (excludes halogenated alkanes) is 2. The van der Waals surface area contributed by atoms with Crippen molar-refractivity contribution in [3.63, 3.8) is 0 Å². The van der Waals surface area contributed by atoms with Gasteiger partial charge in [-0.1, -0.05) is 6.42 Å². The first-order chi connectivity index (χ1) is 10.3. The van der Waals surface area contributed by atoms with Gasteiger partial charge in [0.15, 0.2) is 11.5 Å². The number of nitrogens with one attached hydrogen (secondary N) is 1. The molecule has 0 spiro atoms. The number of rotatable bonds is 8. The largest absolute Gasteiger partial charge is 0.493 e. The number of hydrogen-bond donors (Lipinski definition) is 2. The van der Waals surface area contributed by atoms with Crippen LogP contribution in [0.3, 0.4) is 0 Å². The molecule has 2 rings (SSSR count). The number of benzene rings is 1. The molecule has 0 unspecified atom stereocenters. The van der Waals surface area contributed by atoms with Gasteiger partial charge in [-0.05, 0) is 43.7 Å². The Kier molecular flexibility index (Phi) is 5.63. The van der Waals surface area contributed by atoms with Crippen molar-refractivity contribution in [2.75, 3.05) is 32.6 Å². The molecule has 0 atom stereocenters. The lowest BCUT2D eigenvalue weighted by molar-refractivity contribution is 0.358. The van der Waals surface area contributed by atoms with E-state index in [1.807, 2.05) is 24.3 Å². The number of methoxy groups -OCH3 is 2. The molecule has 5 heteroatoms. The van der Waals surface area contributed by atoms with Crippen LogP contribution >= 0.6 is 0 Å². The van der Waals surface area contributed by atoms with Gasteiger partial charge in [0.2, 0.25) is 0 Å². The molecule has 114 valence electrons. The summed E-state index contributed by atoms with van der Waals surface area (Å²) in [5, 5.41) is 4.29. The van der Waals surface area contributed by atoms with Gasteiger partial charge >= 0.3 is 0 Å². The van der Waals surface area contributed by atoms with Crippen molar-refractivity contribution >= 4 is 16.7 Å². The Morgan fingerprint density at radius 2 is 1.90 bits per heavy atom. The SMILES string of the molecule is COc1ccc2nc(NCCCCCN)ccc2c1OC. The number of hydrogen-bond acceptors (Lipinski definition) is 5. The highest BCUT2D eigenvalue weighted by Crippen LogP contribution is 2.34. The lowest BCUT2D eigenvalue weighted by Gasteiger charge is -2.11. The van der Waals surface area contributed by atoms with E-state index < -0.39 is 0 Å². The molecule has 0 saturated heterocycles. The number of aromatic nitrogens is 1. The molecule has 5 nitrogen and oxygen atoms in total. The second-order valence-electron chi connectivity index (χ2n) is 4.84. The van der Waals surface area contributed by atoms with Crippen LogP contribution in [0.15, 0.2) is 24.3 Å². The summed E-state index contributed by atoms with van der Waals surface area (Å²) < 4.78 is 10.7. The van der Waals surface area contributed by atoms with E-state index in [9.17, 15) is 0 Å². The fourth-order valence-electron chi connectivity index (χ4n) is 2.29. The zero-order valence-electron chi connectivity index (χ0n) is 12.7. The summed E-state index contributed by atoms with van der Waals surface area (Å²) in [6.07, 6.45) is 3.31. The first-order valence-corrected chi connectivity index (χ1v) is 7.26. The summed E-state index contributed by atoms with van der Waals surface area (Å²) in [4.78, 5) is 4.61. The molecule has 0 fully saturated rings. The maximum atomic E-state index is 5.48. The van der Waals surface area contributed by atoms with Gasteiger partial charge < -0.3 is 20.5 Å². The summed E-state index contributed by atoms with van der Waals surface area (Å²) in [5.74, 6) is 2.31. The summed E-state index contributed by atoms with van der Waals surface area (Å²) >= 11 is 0. The van der Waals surface area contributed by atoms with E-state index in [1.165, 1.54) is 0 Å². The molecular formula is C16H23N3O2. The second kappa shape index (κ2) is 7.69. The molecule has 0 bridgehead atoms. The predicted octanol–water partition coefficient (Wildman–Crippen LogP) is 2.79. The van der Waals surface area contributed by atoms with E-state index in [0.717, 1.165) is 54.8 Å². The van der Waals surface area contributed by atoms with Gasteiger partial charge in [-0.15, -0.1) is 0 Å². The van der Waals surface area contributed by atoms with Crippen molar-refractivity contribution < 1.29 is 9.47 Å². The Hall–Kier alpha value is -2.01. The molecular weight excluding hydrogens is 266 g/mol. The van der Waals surface area contributed by atoms with Crippen LogP contribution in [-0.4, -0.2) is 32.3 Å². The number of nitrogens with zero attached hydrogens (tertiary/aromatic N) is 1. The van der Waals surface area contributed by atoms with Gasteiger partial charge in [0.05, 0.1) is 19.7 Å². The molecule has 0 amide bonds. The van der Waals surface area contributed by atoms with Crippen LogP contribution in [0.1, 0.15) is 19.3 Å². The highest BCUT2D eigenvalue weighted by atomic mass is 16.5. The molecule has 0 aliphatic rings. The van der Waals surface area contributed by atoms with Crippen LogP contribution < -0.4 is 20.5 Å². The Morgan fingerprint density at radius 3 is 2.62 bits per heavy atom. The molecule has 0 aliphatic carbocycles. The maximum absolute atomic E-state index is 5.48. The van der Waals surface area contributed by atoms with Gasteiger partial charge in [-0.25, -0.2) is 4.98 Å². The van der Waals surface area contributed by atoms with Crippen LogP contribution in [-0.2, 0) is 0 Å². The number of ether oxygens (including phenoxy) is 2. The first kappa shape index (κ1) is 15.4. The van der Waals surface area contributed by atoms with E-state index in [0.29, 0.717) is 5.75 Å². The molecule has 1 aromatic carbocycles. The van der Waals surface area contributed by atoms with Crippen molar-refractivity contribution in [3.8, 4) is 11.5 Å². The lowest BCUT2D eigenvalue weighted by atomic mass is 10.2. The molecule has 0 aliphatic heterocycles. The molecule has 2 aromatic rings. The minimum absolute atomic E-state index is 0.717. The molecule has 1 aromatic heterocycles. The Bertz CT molecular complexity index is 587. The predicted molar refractivity (Wildman–Crippen MR) is 86.2 cm³/mol. The third-order valence-corrected chi connectivity index (χ3v) is 3.40. The van der Waals surface area contributed by atoms with Crippen molar-refractivity contribution in [2.24, 2.45) is 5.73 Å². The fraction of sp³-hybridized carbons (Fsp3) is 0.438. The molecule has 21 heavy (non-hydrogen) atoms. The van der Waals surface area contributed by atoms with Crippen LogP contribution in [0, 0.1) is 0 Å². The minimum atomic E-state index is 0.717. The number of pyridine rings is 1. The van der Waals surface area contributed by atoms with E-state index in [1.54, 1.807) is 14.2 Å². The second-order valence-corrected chi connectivity index (χ2v) is 4.84. The smallest absolute Gasteiger partial charge is 0.170 e. The molecule has 0 saturated carbocycles. The average Bonchev–Trinajstić information content (AvgIpc) is 2.53. The third-order valence-electron chi connectivity index (χ3n) is 3.40.